The van der Waals surface area contributed by atoms with Gasteiger partial charge >= 0.3 is 6.03 Å². The van der Waals surface area contributed by atoms with Crippen LogP contribution in [0, 0.1) is 0 Å². The molecular weight excluding hydrogens is 352 g/mol. The lowest BCUT2D eigenvalue weighted by Crippen LogP contribution is -2.42. The van der Waals surface area contributed by atoms with E-state index in [-0.39, 0.29) is 6.03 Å². The van der Waals surface area contributed by atoms with E-state index in [1.807, 2.05) is 39.8 Å². The van der Waals surface area contributed by atoms with Crippen molar-refractivity contribution >= 4 is 11.7 Å². The predicted molar refractivity (Wildman–Crippen MR) is 108 cm³/mol. The van der Waals surface area contributed by atoms with Crippen LogP contribution in [0.4, 0.5) is 4.79 Å². The maximum Gasteiger partial charge on any atom is 0.317 e. The largest absolute Gasteiger partial charge is 0.331 e. The minimum atomic E-state index is -0.0403. The standard InChI is InChI=1S/C21H26N6O/c1-17-10-12-25(13-14-26(17)16-18-7-3-2-4-8-18)21(28)22-15-20-24-23-19-9-5-6-11-27(19)20/h2-9,11,17H,10,12-16H2,1H3,(H,22,28). The number of nitrogens with one attached hydrogen (secondary N) is 1. The second kappa shape index (κ2) is 8.39. The lowest BCUT2D eigenvalue weighted by Gasteiger charge is -2.26. The number of nitrogens with zero attached hydrogens (tertiary/aromatic N) is 5. The Labute approximate surface area is 165 Å². The van der Waals surface area contributed by atoms with E-state index >= 15 is 0 Å². The smallest absolute Gasteiger partial charge is 0.317 e. The first-order valence-corrected chi connectivity index (χ1v) is 9.80. The molecule has 1 saturated heterocycles. The Balaban J connectivity index is 1.33. The summed E-state index contributed by atoms with van der Waals surface area (Å²) < 4.78 is 1.90. The van der Waals surface area contributed by atoms with Gasteiger partial charge in [0.05, 0.1) is 6.54 Å². The Morgan fingerprint density at radius 1 is 1.07 bits per heavy atom. The van der Waals surface area contributed by atoms with E-state index in [1.165, 1.54) is 5.56 Å². The fraction of sp³-hybridized carbons (Fsp3) is 0.381. The minimum Gasteiger partial charge on any atom is -0.331 e. The van der Waals surface area contributed by atoms with E-state index in [2.05, 4.69) is 51.6 Å². The molecule has 146 valence electrons. The monoisotopic (exact) mass is 378 g/mol. The first-order valence-electron chi connectivity index (χ1n) is 9.80. The number of carbonyl (C=O) groups is 1. The van der Waals surface area contributed by atoms with Crippen LogP contribution in [0.2, 0.25) is 0 Å². The Morgan fingerprint density at radius 2 is 1.89 bits per heavy atom. The van der Waals surface area contributed by atoms with Crippen LogP contribution in [0.25, 0.3) is 5.65 Å². The third kappa shape index (κ3) is 4.14. The summed E-state index contributed by atoms with van der Waals surface area (Å²) in [6.45, 7) is 5.89. The molecule has 28 heavy (non-hydrogen) atoms. The van der Waals surface area contributed by atoms with Gasteiger partial charge in [0.15, 0.2) is 11.5 Å². The van der Waals surface area contributed by atoms with Gasteiger partial charge in [-0.3, -0.25) is 9.30 Å². The van der Waals surface area contributed by atoms with E-state index in [0.717, 1.165) is 44.1 Å². The number of aromatic nitrogens is 3. The molecule has 0 spiro atoms. The van der Waals surface area contributed by atoms with Crippen molar-refractivity contribution in [1.82, 2.24) is 29.7 Å². The molecule has 2 aromatic heterocycles. The van der Waals surface area contributed by atoms with Crippen LogP contribution in [0.3, 0.4) is 0 Å². The molecule has 3 aromatic rings. The van der Waals surface area contributed by atoms with Gasteiger partial charge in [0.25, 0.3) is 0 Å². The van der Waals surface area contributed by atoms with E-state index in [0.29, 0.717) is 12.6 Å². The molecule has 0 radical (unpaired) electrons. The van der Waals surface area contributed by atoms with Gasteiger partial charge in [0.2, 0.25) is 0 Å². The zero-order valence-corrected chi connectivity index (χ0v) is 16.2. The number of fused-ring (bicyclic) bond motifs is 1. The van der Waals surface area contributed by atoms with Crippen molar-refractivity contribution in [3.05, 3.63) is 66.1 Å². The van der Waals surface area contributed by atoms with E-state index in [1.54, 1.807) is 0 Å². The van der Waals surface area contributed by atoms with Crippen molar-refractivity contribution in [2.75, 3.05) is 19.6 Å². The number of urea groups is 1. The number of amides is 2. The lowest BCUT2D eigenvalue weighted by atomic mass is 10.1. The average molecular weight is 378 g/mol. The number of pyridine rings is 1. The second-order valence-electron chi connectivity index (χ2n) is 7.28. The normalized spacial score (nSPS) is 18.2. The van der Waals surface area contributed by atoms with Gasteiger partial charge in [0, 0.05) is 38.4 Å². The molecule has 1 aliphatic rings. The van der Waals surface area contributed by atoms with Crippen molar-refractivity contribution in [2.45, 2.75) is 32.5 Å². The van der Waals surface area contributed by atoms with Crippen LogP contribution >= 0.6 is 0 Å². The molecule has 7 nitrogen and oxygen atoms in total. The second-order valence-corrected chi connectivity index (χ2v) is 7.28. The maximum absolute atomic E-state index is 12.7. The summed E-state index contributed by atoms with van der Waals surface area (Å²) in [4.78, 5) is 17.1. The summed E-state index contributed by atoms with van der Waals surface area (Å²) in [5.41, 5.74) is 2.10. The number of carbonyl (C=O) groups excluding carboxylic acids is 1. The summed E-state index contributed by atoms with van der Waals surface area (Å²) in [5, 5.41) is 11.3. The third-order valence-electron chi connectivity index (χ3n) is 5.40. The SMILES string of the molecule is CC1CCN(C(=O)NCc2nnc3ccccn23)CCN1Cc1ccccc1. The van der Waals surface area contributed by atoms with Crippen molar-refractivity contribution in [1.29, 1.82) is 0 Å². The highest BCUT2D eigenvalue weighted by molar-refractivity contribution is 5.74. The third-order valence-corrected chi connectivity index (χ3v) is 5.40. The Morgan fingerprint density at radius 3 is 2.75 bits per heavy atom. The zero-order chi connectivity index (χ0) is 19.3. The molecule has 1 aromatic carbocycles. The average Bonchev–Trinajstić information content (AvgIpc) is 3.05. The Bertz CT molecular complexity index is 925. The van der Waals surface area contributed by atoms with Crippen molar-refractivity contribution in [3.63, 3.8) is 0 Å². The summed E-state index contributed by atoms with van der Waals surface area (Å²) in [5.74, 6) is 0.734. The molecule has 3 heterocycles. The van der Waals surface area contributed by atoms with Crippen LogP contribution in [0.1, 0.15) is 24.7 Å². The lowest BCUT2D eigenvalue weighted by molar-refractivity contribution is 0.192. The fourth-order valence-electron chi connectivity index (χ4n) is 3.64. The Hall–Kier alpha value is -2.93. The van der Waals surface area contributed by atoms with Crippen LogP contribution < -0.4 is 5.32 Å². The van der Waals surface area contributed by atoms with Gasteiger partial charge in [-0.15, -0.1) is 10.2 Å². The molecule has 2 amide bonds. The number of benzene rings is 1. The van der Waals surface area contributed by atoms with Crippen molar-refractivity contribution in [2.24, 2.45) is 0 Å². The molecule has 1 atom stereocenters. The molecule has 0 saturated carbocycles. The minimum absolute atomic E-state index is 0.0403. The van der Waals surface area contributed by atoms with E-state index in [9.17, 15) is 4.79 Å². The van der Waals surface area contributed by atoms with Crippen molar-refractivity contribution < 1.29 is 4.79 Å². The van der Waals surface area contributed by atoms with Crippen LogP contribution in [-0.2, 0) is 13.1 Å². The number of hydrogen-bond donors (Lipinski definition) is 1. The highest BCUT2D eigenvalue weighted by Crippen LogP contribution is 2.15. The van der Waals surface area contributed by atoms with Gasteiger partial charge in [-0.25, -0.2) is 4.79 Å². The Kier molecular flexibility index (Phi) is 5.53. The van der Waals surface area contributed by atoms with Gasteiger partial charge in [-0.2, -0.15) is 0 Å². The van der Waals surface area contributed by atoms with E-state index < -0.39 is 0 Å². The molecule has 0 aliphatic carbocycles. The van der Waals surface area contributed by atoms with Crippen LogP contribution in [0.15, 0.2) is 54.7 Å². The number of rotatable bonds is 4. The highest BCUT2D eigenvalue weighted by Gasteiger charge is 2.23. The van der Waals surface area contributed by atoms with Gasteiger partial charge in [0.1, 0.15) is 0 Å². The molecule has 1 N–H and O–H groups in total. The summed E-state index contributed by atoms with van der Waals surface area (Å²) in [6, 6.07) is 16.7. The van der Waals surface area contributed by atoms with Gasteiger partial charge in [-0.1, -0.05) is 36.4 Å². The van der Waals surface area contributed by atoms with E-state index in [4.69, 9.17) is 0 Å². The predicted octanol–water partition coefficient (Wildman–Crippen LogP) is 2.54. The summed E-state index contributed by atoms with van der Waals surface area (Å²) in [7, 11) is 0. The first-order chi connectivity index (χ1) is 13.7. The topological polar surface area (TPSA) is 65.8 Å². The molecule has 0 bridgehead atoms. The first kappa shape index (κ1) is 18.4. The zero-order valence-electron chi connectivity index (χ0n) is 16.2. The van der Waals surface area contributed by atoms with Gasteiger partial charge in [-0.05, 0) is 31.0 Å². The van der Waals surface area contributed by atoms with Crippen molar-refractivity contribution in [3.8, 4) is 0 Å². The van der Waals surface area contributed by atoms with Crippen LogP contribution in [-0.4, -0.2) is 56.1 Å². The molecule has 7 heteroatoms. The molecule has 1 aliphatic heterocycles. The van der Waals surface area contributed by atoms with Gasteiger partial charge < -0.3 is 10.2 Å². The summed E-state index contributed by atoms with van der Waals surface area (Å²) >= 11 is 0. The molecule has 4 rings (SSSR count). The maximum atomic E-state index is 12.7. The quantitative estimate of drug-likeness (QED) is 0.758. The molecule has 1 unspecified atom stereocenters. The molecular formula is C21H26N6O. The molecule has 1 fully saturated rings. The highest BCUT2D eigenvalue weighted by atomic mass is 16.2. The fourth-order valence-corrected chi connectivity index (χ4v) is 3.64. The number of hydrogen-bond acceptors (Lipinski definition) is 4. The summed E-state index contributed by atoms with van der Waals surface area (Å²) in [6.07, 6.45) is 2.88. The van der Waals surface area contributed by atoms with Crippen LogP contribution in [0.5, 0.6) is 0 Å².